The molecule has 0 aliphatic carbocycles. The van der Waals surface area contributed by atoms with Gasteiger partial charge in [0.1, 0.15) is 11.3 Å². The van der Waals surface area contributed by atoms with Gasteiger partial charge in [0, 0.05) is 24.0 Å². The molecule has 0 saturated heterocycles. The first kappa shape index (κ1) is 15.5. The van der Waals surface area contributed by atoms with Gasteiger partial charge < -0.3 is 14.8 Å². The highest BCUT2D eigenvalue weighted by molar-refractivity contribution is 6.30. The molecule has 0 aliphatic rings. The number of hydrogen-bond acceptors (Lipinski definition) is 3. The van der Waals surface area contributed by atoms with E-state index in [1.54, 1.807) is 34.9 Å². The van der Waals surface area contributed by atoms with Crippen LogP contribution in [0.2, 0.25) is 5.02 Å². The zero-order chi connectivity index (χ0) is 16.4. The third-order valence-electron chi connectivity index (χ3n) is 3.54. The molecule has 23 heavy (non-hydrogen) atoms. The summed E-state index contributed by atoms with van der Waals surface area (Å²) in [6.45, 7) is 2.06. The van der Waals surface area contributed by atoms with E-state index in [4.69, 9.17) is 11.6 Å². The molecule has 118 valence electrons. The van der Waals surface area contributed by atoms with E-state index in [9.17, 15) is 9.90 Å². The van der Waals surface area contributed by atoms with E-state index in [0.29, 0.717) is 21.9 Å². The molecule has 0 unspecified atom stereocenters. The summed E-state index contributed by atoms with van der Waals surface area (Å²) in [6, 6.07) is 10.8. The molecule has 1 aromatic carbocycles. The molecule has 2 heterocycles. The van der Waals surface area contributed by atoms with E-state index in [2.05, 4.69) is 10.3 Å². The molecule has 3 rings (SSSR count). The third-order valence-corrected chi connectivity index (χ3v) is 3.77. The number of nitrogens with zero attached hydrogens (tertiary/aromatic N) is 2. The summed E-state index contributed by atoms with van der Waals surface area (Å²) in [5.41, 5.74) is 2.76. The van der Waals surface area contributed by atoms with Crippen LogP contribution >= 0.6 is 11.6 Å². The second kappa shape index (κ2) is 6.40. The summed E-state index contributed by atoms with van der Waals surface area (Å²) < 4.78 is 1.79. The first-order valence-corrected chi connectivity index (χ1v) is 7.58. The van der Waals surface area contributed by atoms with Gasteiger partial charge in [0.15, 0.2) is 0 Å². The fraction of sp³-hybridized carbons (Fsp3) is 0.176. The Labute approximate surface area is 138 Å². The summed E-state index contributed by atoms with van der Waals surface area (Å²) in [6.07, 6.45) is 2.70. The lowest BCUT2D eigenvalue weighted by Crippen LogP contribution is -2.28. The van der Waals surface area contributed by atoms with Crippen molar-refractivity contribution >= 4 is 23.2 Å². The highest BCUT2D eigenvalue weighted by Gasteiger charge is 2.14. The quantitative estimate of drug-likeness (QED) is 0.773. The van der Waals surface area contributed by atoms with E-state index < -0.39 is 6.10 Å². The fourth-order valence-electron chi connectivity index (χ4n) is 2.30. The molecule has 0 radical (unpaired) electrons. The topological polar surface area (TPSA) is 66.6 Å². The molecular weight excluding hydrogens is 314 g/mol. The molecule has 0 saturated carbocycles. The largest absolute Gasteiger partial charge is 0.387 e. The SMILES string of the molecule is Cc1ccn2cc(C(=O)NC[C@H](O)c3cccc(Cl)c3)nc2c1. The number of imidazole rings is 1. The summed E-state index contributed by atoms with van der Waals surface area (Å²) in [7, 11) is 0. The Kier molecular flexibility index (Phi) is 4.32. The molecule has 2 aromatic heterocycles. The Balaban J connectivity index is 1.68. The van der Waals surface area contributed by atoms with Crippen molar-refractivity contribution in [3.05, 3.63) is 70.6 Å². The zero-order valence-electron chi connectivity index (χ0n) is 12.5. The van der Waals surface area contributed by atoms with E-state index >= 15 is 0 Å². The van der Waals surface area contributed by atoms with Gasteiger partial charge in [-0.25, -0.2) is 4.98 Å². The van der Waals surface area contributed by atoms with Gasteiger partial charge >= 0.3 is 0 Å². The molecule has 0 fully saturated rings. The number of hydrogen-bond donors (Lipinski definition) is 2. The second-order valence-corrected chi connectivity index (χ2v) is 5.81. The van der Waals surface area contributed by atoms with Gasteiger partial charge in [-0.05, 0) is 42.3 Å². The number of pyridine rings is 1. The highest BCUT2D eigenvalue weighted by Crippen LogP contribution is 2.17. The van der Waals surface area contributed by atoms with Crippen molar-refractivity contribution in [2.75, 3.05) is 6.54 Å². The number of amides is 1. The number of aromatic nitrogens is 2. The molecule has 3 aromatic rings. The third kappa shape index (κ3) is 3.52. The number of carbonyl (C=O) groups is 1. The van der Waals surface area contributed by atoms with Crippen molar-refractivity contribution in [2.24, 2.45) is 0 Å². The first-order chi connectivity index (χ1) is 11.0. The maximum atomic E-state index is 12.2. The van der Waals surface area contributed by atoms with Crippen LogP contribution in [0.4, 0.5) is 0 Å². The van der Waals surface area contributed by atoms with Crippen molar-refractivity contribution in [2.45, 2.75) is 13.0 Å². The lowest BCUT2D eigenvalue weighted by molar-refractivity contribution is 0.0912. The maximum Gasteiger partial charge on any atom is 0.271 e. The monoisotopic (exact) mass is 329 g/mol. The fourth-order valence-corrected chi connectivity index (χ4v) is 2.50. The molecule has 0 aliphatic heterocycles. The first-order valence-electron chi connectivity index (χ1n) is 7.20. The van der Waals surface area contributed by atoms with Crippen molar-refractivity contribution in [3.63, 3.8) is 0 Å². The predicted octanol–water partition coefficient (Wildman–Crippen LogP) is 2.76. The predicted molar refractivity (Wildman–Crippen MR) is 88.7 cm³/mol. The van der Waals surface area contributed by atoms with Crippen LogP contribution in [0.5, 0.6) is 0 Å². The van der Waals surface area contributed by atoms with Crippen LogP contribution in [-0.4, -0.2) is 26.9 Å². The maximum absolute atomic E-state index is 12.2. The number of aliphatic hydroxyl groups is 1. The number of benzene rings is 1. The molecule has 1 amide bonds. The average Bonchev–Trinajstić information content (AvgIpc) is 2.95. The van der Waals surface area contributed by atoms with E-state index in [1.165, 1.54) is 0 Å². The Morgan fingerprint density at radius 1 is 1.39 bits per heavy atom. The molecular formula is C17H16ClN3O2. The molecule has 0 bridgehead atoms. The number of nitrogens with one attached hydrogen (secondary N) is 1. The Morgan fingerprint density at radius 3 is 3.00 bits per heavy atom. The number of aliphatic hydroxyl groups excluding tert-OH is 1. The lowest BCUT2D eigenvalue weighted by atomic mass is 10.1. The summed E-state index contributed by atoms with van der Waals surface area (Å²) >= 11 is 5.89. The minimum Gasteiger partial charge on any atom is -0.387 e. The summed E-state index contributed by atoms with van der Waals surface area (Å²) in [5, 5.41) is 13.3. The zero-order valence-corrected chi connectivity index (χ0v) is 13.3. The molecule has 1 atom stereocenters. The van der Waals surface area contributed by atoms with Gasteiger partial charge in [-0.3, -0.25) is 4.79 Å². The van der Waals surface area contributed by atoms with Gasteiger partial charge in [0.05, 0.1) is 6.10 Å². The Hall–Kier alpha value is -2.37. The summed E-state index contributed by atoms with van der Waals surface area (Å²) in [5.74, 6) is -0.326. The van der Waals surface area contributed by atoms with Gasteiger partial charge in [0.2, 0.25) is 0 Å². The number of halogens is 1. The number of rotatable bonds is 4. The van der Waals surface area contributed by atoms with E-state index in [0.717, 1.165) is 5.56 Å². The number of aryl methyl sites for hydroxylation is 1. The van der Waals surface area contributed by atoms with Crippen LogP contribution in [0.3, 0.4) is 0 Å². The smallest absolute Gasteiger partial charge is 0.271 e. The van der Waals surface area contributed by atoms with Gasteiger partial charge in [0.25, 0.3) is 5.91 Å². The van der Waals surface area contributed by atoms with Crippen LogP contribution in [0, 0.1) is 6.92 Å². The summed E-state index contributed by atoms with van der Waals surface area (Å²) in [4.78, 5) is 16.5. The van der Waals surface area contributed by atoms with Gasteiger partial charge in [-0.1, -0.05) is 23.7 Å². The van der Waals surface area contributed by atoms with Gasteiger partial charge in [-0.15, -0.1) is 0 Å². The average molecular weight is 330 g/mol. The number of fused-ring (bicyclic) bond motifs is 1. The number of carbonyl (C=O) groups excluding carboxylic acids is 1. The van der Waals surface area contributed by atoms with Crippen molar-refractivity contribution < 1.29 is 9.90 Å². The van der Waals surface area contributed by atoms with Crippen molar-refractivity contribution in [3.8, 4) is 0 Å². The Morgan fingerprint density at radius 2 is 2.22 bits per heavy atom. The standard InChI is InChI=1S/C17H16ClN3O2/c1-11-5-6-21-10-14(20-16(21)7-11)17(23)19-9-15(22)12-3-2-4-13(18)8-12/h2-8,10,15,22H,9H2,1H3,(H,19,23)/t15-/m0/s1. The lowest BCUT2D eigenvalue weighted by Gasteiger charge is -2.11. The van der Waals surface area contributed by atoms with Crippen molar-refractivity contribution in [1.82, 2.24) is 14.7 Å². The second-order valence-electron chi connectivity index (χ2n) is 5.38. The van der Waals surface area contributed by atoms with Crippen LogP contribution < -0.4 is 5.32 Å². The van der Waals surface area contributed by atoms with E-state index in [-0.39, 0.29) is 12.5 Å². The van der Waals surface area contributed by atoms with Crippen LogP contribution in [-0.2, 0) is 0 Å². The molecule has 0 spiro atoms. The Bertz CT molecular complexity index is 860. The van der Waals surface area contributed by atoms with Crippen molar-refractivity contribution in [1.29, 1.82) is 0 Å². The minimum absolute atomic E-state index is 0.0894. The van der Waals surface area contributed by atoms with Crippen LogP contribution in [0.15, 0.2) is 48.8 Å². The molecule has 6 heteroatoms. The van der Waals surface area contributed by atoms with Crippen LogP contribution in [0.1, 0.15) is 27.7 Å². The molecule has 5 nitrogen and oxygen atoms in total. The molecule has 2 N–H and O–H groups in total. The normalized spacial score (nSPS) is 12.3. The van der Waals surface area contributed by atoms with Gasteiger partial charge in [-0.2, -0.15) is 0 Å². The minimum atomic E-state index is -0.822. The van der Waals surface area contributed by atoms with Crippen LogP contribution in [0.25, 0.3) is 5.65 Å². The highest BCUT2D eigenvalue weighted by atomic mass is 35.5. The van der Waals surface area contributed by atoms with E-state index in [1.807, 2.05) is 25.3 Å².